The Morgan fingerprint density at radius 2 is 1.88 bits per heavy atom. The average Bonchev–Trinajstić information content (AvgIpc) is 2.79. The van der Waals surface area contributed by atoms with Gasteiger partial charge in [-0.3, -0.25) is 4.79 Å². The fourth-order valence-electron chi connectivity index (χ4n) is 3.69. The van der Waals surface area contributed by atoms with E-state index in [-0.39, 0.29) is 24.4 Å². The molecule has 34 heavy (non-hydrogen) atoms. The Morgan fingerprint density at radius 1 is 1.18 bits per heavy atom. The summed E-state index contributed by atoms with van der Waals surface area (Å²) in [4.78, 5) is 38.2. The zero-order valence-electron chi connectivity index (χ0n) is 18.8. The minimum absolute atomic E-state index is 0.0185. The standard InChI is InChI=1S/C24H26ClN3O6/c1-15-21(23(30)31)22(16-5-3-6-17(25)13-16)28(24(32)27-15)12-4-11-26-14-20(29)34-19-9-7-18(33-2)8-10-19/h3,5-10,13,22,26H,4,11-12,14H2,1-2H3,(H,27,32)(H,30,31). The van der Waals surface area contributed by atoms with E-state index in [9.17, 15) is 19.5 Å². The molecule has 1 unspecified atom stereocenters. The predicted octanol–water partition coefficient (Wildman–Crippen LogP) is 3.36. The van der Waals surface area contributed by atoms with Crippen LogP contribution in [0.1, 0.15) is 24.9 Å². The molecule has 2 aromatic rings. The summed E-state index contributed by atoms with van der Waals surface area (Å²) in [6, 6.07) is 12.3. The van der Waals surface area contributed by atoms with Crippen molar-refractivity contribution < 1.29 is 29.0 Å². The van der Waals surface area contributed by atoms with Crippen molar-refractivity contribution in [3.63, 3.8) is 0 Å². The Hall–Kier alpha value is -3.56. The van der Waals surface area contributed by atoms with Gasteiger partial charge in [0.1, 0.15) is 11.5 Å². The number of hydrogen-bond acceptors (Lipinski definition) is 6. The van der Waals surface area contributed by atoms with Crippen LogP contribution in [0.15, 0.2) is 59.8 Å². The third-order valence-corrected chi connectivity index (χ3v) is 5.49. The van der Waals surface area contributed by atoms with Crippen LogP contribution in [0.2, 0.25) is 5.02 Å². The average molecular weight is 488 g/mol. The highest BCUT2D eigenvalue weighted by atomic mass is 35.5. The summed E-state index contributed by atoms with van der Waals surface area (Å²) in [6.07, 6.45) is 0.478. The van der Waals surface area contributed by atoms with Gasteiger partial charge in [0.15, 0.2) is 0 Å². The highest BCUT2D eigenvalue weighted by molar-refractivity contribution is 6.30. The van der Waals surface area contributed by atoms with Gasteiger partial charge in [-0.25, -0.2) is 9.59 Å². The quantitative estimate of drug-likeness (QED) is 0.267. The number of nitrogens with one attached hydrogen (secondary N) is 2. The molecule has 2 aromatic carbocycles. The van der Waals surface area contributed by atoms with Crippen molar-refractivity contribution in [2.75, 3.05) is 26.7 Å². The summed E-state index contributed by atoms with van der Waals surface area (Å²) < 4.78 is 10.3. The van der Waals surface area contributed by atoms with Gasteiger partial charge in [0.05, 0.1) is 25.3 Å². The second kappa shape index (κ2) is 11.5. The van der Waals surface area contributed by atoms with Crippen molar-refractivity contribution in [2.45, 2.75) is 19.4 Å². The summed E-state index contributed by atoms with van der Waals surface area (Å²) in [5.74, 6) is -0.506. The lowest BCUT2D eigenvalue weighted by Gasteiger charge is -2.37. The van der Waals surface area contributed by atoms with E-state index in [0.29, 0.717) is 35.1 Å². The number of halogens is 1. The smallest absolute Gasteiger partial charge is 0.335 e. The number of ether oxygens (including phenoxy) is 2. The molecule has 0 radical (unpaired) electrons. The van der Waals surface area contributed by atoms with E-state index in [1.54, 1.807) is 62.6 Å². The van der Waals surface area contributed by atoms with Gasteiger partial charge in [0.2, 0.25) is 0 Å². The normalized spacial score (nSPS) is 15.7. The number of carboxylic acids is 1. The molecule has 0 saturated heterocycles. The number of amides is 2. The lowest BCUT2D eigenvalue weighted by atomic mass is 9.93. The number of urea groups is 1. The van der Waals surface area contributed by atoms with E-state index in [1.807, 2.05) is 0 Å². The lowest BCUT2D eigenvalue weighted by molar-refractivity contribution is -0.134. The number of carbonyl (C=O) groups is 3. The topological polar surface area (TPSA) is 117 Å². The van der Waals surface area contributed by atoms with Gasteiger partial charge in [-0.2, -0.15) is 0 Å². The Morgan fingerprint density at radius 3 is 2.53 bits per heavy atom. The molecule has 3 N–H and O–H groups in total. The number of nitrogens with zero attached hydrogens (tertiary/aromatic N) is 1. The minimum atomic E-state index is -1.12. The zero-order chi connectivity index (χ0) is 24.7. The highest BCUT2D eigenvalue weighted by Gasteiger charge is 2.37. The summed E-state index contributed by atoms with van der Waals surface area (Å²) in [6.45, 7) is 2.21. The van der Waals surface area contributed by atoms with E-state index < -0.39 is 24.0 Å². The van der Waals surface area contributed by atoms with Crippen LogP contribution >= 0.6 is 11.6 Å². The summed E-state index contributed by atoms with van der Waals surface area (Å²) >= 11 is 6.12. The van der Waals surface area contributed by atoms with Gasteiger partial charge in [-0.15, -0.1) is 0 Å². The van der Waals surface area contributed by atoms with Crippen molar-refractivity contribution in [3.8, 4) is 11.5 Å². The molecule has 1 atom stereocenters. The van der Waals surface area contributed by atoms with Crippen LogP contribution in [0.3, 0.4) is 0 Å². The third-order valence-electron chi connectivity index (χ3n) is 5.25. The molecule has 0 spiro atoms. The molecule has 0 bridgehead atoms. The van der Waals surface area contributed by atoms with Gasteiger partial charge in [-0.1, -0.05) is 23.7 Å². The van der Waals surface area contributed by atoms with Crippen LogP contribution in [-0.2, 0) is 9.59 Å². The third kappa shape index (κ3) is 6.27. The van der Waals surface area contributed by atoms with Crippen LogP contribution in [-0.4, -0.2) is 54.7 Å². The SMILES string of the molecule is COc1ccc(OC(=O)CNCCCN2C(=O)NC(C)=C(C(=O)O)C2c2cccc(Cl)c2)cc1. The van der Waals surface area contributed by atoms with Gasteiger partial charge in [0.25, 0.3) is 0 Å². The summed E-state index contributed by atoms with van der Waals surface area (Å²) in [7, 11) is 1.55. The molecular weight excluding hydrogens is 462 g/mol. The number of aliphatic carboxylic acids is 1. The highest BCUT2D eigenvalue weighted by Crippen LogP contribution is 2.34. The van der Waals surface area contributed by atoms with Crippen LogP contribution in [0.5, 0.6) is 11.5 Å². The van der Waals surface area contributed by atoms with E-state index in [0.717, 1.165) is 0 Å². The fourth-order valence-corrected chi connectivity index (χ4v) is 3.88. The molecule has 2 amide bonds. The summed E-state index contributed by atoms with van der Waals surface area (Å²) in [5.41, 5.74) is 0.978. The fraction of sp³-hybridized carbons (Fsp3) is 0.292. The molecule has 3 rings (SSSR count). The van der Waals surface area contributed by atoms with Gasteiger partial charge < -0.3 is 30.1 Å². The number of rotatable bonds is 10. The Bertz CT molecular complexity index is 1090. The Labute approximate surface area is 202 Å². The Balaban J connectivity index is 1.58. The van der Waals surface area contributed by atoms with Crippen LogP contribution in [0.25, 0.3) is 0 Å². The first-order chi connectivity index (χ1) is 16.3. The first-order valence-electron chi connectivity index (χ1n) is 10.6. The van der Waals surface area contributed by atoms with Gasteiger partial charge >= 0.3 is 18.0 Å². The van der Waals surface area contributed by atoms with Crippen LogP contribution in [0.4, 0.5) is 4.79 Å². The maximum Gasteiger partial charge on any atom is 0.335 e. The first kappa shape index (κ1) is 25.1. The molecular formula is C24H26ClN3O6. The second-order valence-corrected chi connectivity index (χ2v) is 8.04. The Kier molecular flexibility index (Phi) is 8.50. The molecule has 0 aromatic heterocycles. The van der Waals surface area contributed by atoms with E-state index in [1.165, 1.54) is 4.90 Å². The number of methoxy groups -OCH3 is 1. The number of esters is 1. The number of carboxylic acid groups (broad SMARTS) is 1. The maximum atomic E-state index is 12.7. The maximum absolute atomic E-state index is 12.7. The number of hydrogen-bond donors (Lipinski definition) is 3. The van der Waals surface area contributed by atoms with E-state index >= 15 is 0 Å². The van der Waals surface area contributed by atoms with Crippen molar-refractivity contribution in [1.82, 2.24) is 15.5 Å². The van der Waals surface area contributed by atoms with E-state index in [4.69, 9.17) is 21.1 Å². The molecule has 0 saturated carbocycles. The largest absolute Gasteiger partial charge is 0.497 e. The van der Waals surface area contributed by atoms with Crippen LogP contribution < -0.4 is 20.1 Å². The molecule has 10 heteroatoms. The minimum Gasteiger partial charge on any atom is -0.497 e. The monoisotopic (exact) mass is 487 g/mol. The van der Waals surface area contributed by atoms with Crippen LogP contribution in [0, 0.1) is 0 Å². The van der Waals surface area contributed by atoms with Crippen molar-refractivity contribution in [3.05, 3.63) is 70.4 Å². The van der Waals surface area contributed by atoms with Gasteiger partial charge in [0, 0.05) is 17.3 Å². The number of carbonyl (C=O) groups excluding carboxylic acids is 2. The second-order valence-electron chi connectivity index (χ2n) is 7.60. The number of allylic oxidation sites excluding steroid dienone is 1. The molecule has 180 valence electrons. The number of benzene rings is 2. The summed E-state index contributed by atoms with van der Waals surface area (Å²) in [5, 5.41) is 15.8. The molecule has 1 aliphatic rings. The van der Waals surface area contributed by atoms with Crippen molar-refractivity contribution in [2.24, 2.45) is 0 Å². The zero-order valence-corrected chi connectivity index (χ0v) is 19.6. The molecule has 1 heterocycles. The van der Waals surface area contributed by atoms with E-state index in [2.05, 4.69) is 10.6 Å². The van der Waals surface area contributed by atoms with Gasteiger partial charge in [-0.05, 0) is 61.9 Å². The predicted molar refractivity (Wildman–Crippen MR) is 126 cm³/mol. The molecule has 1 aliphatic heterocycles. The van der Waals surface area contributed by atoms with Crippen molar-refractivity contribution in [1.29, 1.82) is 0 Å². The molecule has 0 fully saturated rings. The first-order valence-corrected chi connectivity index (χ1v) is 11.0. The lowest BCUT2D eigenvalue weighted by Crippen LogP contribution is -2.49. The molecule has 0 aliphatic carbocycles. The molecule has 9 nitrogen and oxygen atoms in total. The van der Waals surface area contributed by atoms with Crippen molar-refractivity contribution >= 4 is 29.6 Å².